The number of benzene rings is 2. The van der Waals surface area contributed by atoms with Gasteiger partial charge in [-0.1, -0.05) is 30.3 Å². The topological polar surface area (TPSA) is 68.1 Å². The van der Waals surface area contributed by atoms with E-state index in [1.165, 1.54) is 17.5 Å². The van der Waals surface area contributed by atoms with E-state index in [0.29, 0.717) is 16.0 Å². The lowest BCUT2D eigenvalue weighted by molar-refractivity contribution is -0.118. The lowest BCUT2D eigenvalue weighted by atomic mass is 10.2. The Hall–Kier alpha value is -3.32. The summed E-state index contributed by atoms with van der Waals surface area (Å²) in [5.74, 6) is -0.183. The van der Waals surface area contributed by atoms with Crippen molar-refractivity contribution in [3.63, 3.8) is 0 Å². The van der Waals surface area contributed by atoms with Gasteiger partial charge in [0.15, 0.2) is 5.13 Å². The van der Waals surface area contributed by atoms with E-state index in [-0.39, 0.29) is 17.9 Å². The molecule has 0 aliphatic carbocycles. The third kappa shape index (κ3) is 3.37. The van der Waals surface area contributed by atoms with Gasteiger partial charge in [-0.05, 0) is 31.2 Å². The fourth-order valence-corrected chi connectivity index (χ4v) is 3.71. The molecule has 27 heavy (non-hydrogen) atoms. The first kappa shape index (κ1) is 17.1. The van der Waals surface area contributed by atoms with Crippen LogP contribution in [-0.2, 0) is 11.3 Å². The number of amides is 1. The number of aromatic nitrogens is 3. The van der Waals surface area contributed by atoms with Crippen LogP contribution in [0, 0.1) is 6.92 Å². The van der Waals surface area contributed by atoms with Gasteiger partial charge in [0.25, 0.3) is 5.91 Å². The van der Waals surface area contributed by atoms with Crippen LogP contribution in [0.3, 0.4) is 0 Å². The number of rotatable bonds is 4. The van der Waals surface area contributed by atoms with Crippen LogP contribution in [0.1, 0.15) is 5.69 Å². The first-order valence-corrected chi connectivity index (χ1v) is 9.26. The number of thiazole rings is 1. The van der Waals surface area contributed by atoms with Gasteiger partial charge in [0.1, 0.15) is 6.54 Å². The smallest absolute Gasteiger partial charge is 0.255 e. The highest BCUT2D eigenvalue weighted by Crippen LogP contribution is 2.29. The molecule has 0 saturated heterocycles. The molecule has 0 aliphatic rings. The molecular formula is C20H16N4O2S. The zero-order chi connectivity index (χ0) is 18.8. The summed E-state index contributed by atoms with van der Waals surface area (Å²) in [5.41, 5.74) is 2.06. The molecule has 0 saturated carbocycles. The summed E-state index contributed by atoms with van der Waals surface area (Å²) in [5, 5.41) is 7.21. The SMILES string of the molecule is Cc1csc(N(C(=O)Cn2ncc(=O)c3ccccc32)c2ccccc2)n1. The molecule has 0 radical (unpaired) electrons. The van der Waals surface area contributed by atoms with Gasteiger partial charge in [0.05, 0.1) is 23.1 Å². The molecule has 2 aromatic carbocycles. The van der Waals surface area contributed by atoms with Crippen molar-refractivity contribution in [3.05, 3.63) is 82.1 Å². The summed E-state index contributed by atoms with van der Waals surface area (Å²) in [6, 6.07) is 16.5. The largest absolute Gasteiger partial charge is 0.287 e. The summed E-state index contributed by atoms with van der Waals surface area (Å²) < 4.78 is 1.55. The van der Waals surface area contributed by atoms with Crippen molar-refractivity contribution in [1.29, 1.82) is 0 Å². The number of fused-ring (bicyclic) bond motifs is 1. The molecule has 0 aliphatic heterocycles. The standard InChI is InChI=1S/C20H16N4O2S/c1-14-13-27-20(22-14)24(15-7-3-2-4-8-15)19(26)12-23-17-10-6-5-9-16(17)18(25)11-21-23/h2-11,13H,12H2,1H3. The Bertz CT molecular complexity index is 1170. The second kappa shape index (κ2) is 7.13. The van der Waals surface area contributed by atoms with Crippen LogP contribution in [0.15, 0.2) is 71.0 Å². The van der Waals surface area contributed by atoms with Crippen LogP contribution in [0.4, 0.5) is 10.8 Å². The second-order valence-corrected chi connectivity index (χ2v) is 6.86. The van der Waals surface area contributed by atoms with Crippen molar-refractivity contribution in [1.82, 2.24) is 14.8 Å². The van der Waals surface area contributed by atoms with Gasteiger partial charge in [0, 0.05) is 10.8 Å². The molecule has 134 valence electrons. The molecule has 0 atom stereocenters. The van der Waals surface area contributed by atoms with Crippen LogP contribution >= 0.6 is 11.3 Å². The predicted molar refractivity (Wildman–Crippen MR) is 106 cm³/mol. The lowest BCUT2D eigenvalue weighted by Crippen LogP contribution is -2.31. The first-order valence-electron chi connectivity index (χ1n) is 8.38. The van der Waals surface area contributed by atoms with Crippen LogP contribution in [-0.4, -0.2) is 20.7 Å². The van der Waals surface area contributed by atoms with E-state index in [2.05, 4.69) is 10.1 Å². The highest BCUT2D eigenvalue weighted by Gasteiger charge is 2.22. The molecule has 4 aromatic rings. The molecule has 7 heteroatoms. The first-order chi connectivity index (χ1) is 13.1. The molecule has 0 bridgehead atoms. The van der Waals surface area contributed by atoms with Crippen LogP contribution < -0.4 is 10.3 Å². The van der Waals surface area contributed by atoms with E-state index >= 15 is 0 Å². The normalized spacial score (nSPS) is 10.9. The average molecular weight is 376 g/mol. The minimum Gasteiger partial charge on any atom is -0.287 e. The van der Waals surface area contributed by atoms with Gasteiger partial charge < -0.3 is 0 Å². The molecule has 0 unspecified atom stereocenters. The number of aryl methyl sites for hydroxylation is 1. The predicted octanol–water partition coefficient (Wildman–Crippen LogP) is 3.53. The van der Waals surface area contributed by atoms with E-state index in [1.807, 2.05) is 48.7 Å². The van der Waals surface area contributed by atoms with Crippen LogP contribution in [0.5, 0.6) is 0 Å². The Balaban J connectivity index is 1.75. The molecule has 2 heterocycles. The lowest BCUT2D eigenvalue weighted by Gasteiger charge is -2.21. The summed E-state index contributed by atoms with van der Waals surface area (Å²) in [4.78, 5) is 31.3. The number of nitrogens with zero attached hydrogens (tertiary/aromatic N) is 4. The fraction of sp³-hybridized carbons (Fsp3) is 0.100. The highest BCUT2D eigenvalue weighted by atomic mass is 32.1. The Labute approximate surface area is 159 Å². The Kier molecular flexibility index (Phi) is 4.52. The summed E-state index contributed by atoms with van der Waals surface area (Å²) in [6.07, 6.45) is 1.25. The molecule has 6 nitrogen and oxygen atoms in total. The zero-order valence-electron chi connectivity index (χ0n) is 14.6. The quantitative estimate of drug-likeness (QED) is 0.546. The van der Waals surface area contributed by atoms with E-state index in [0.717, 1.165) is 11.4 Å². The van der Waals surface area contributed by atoms with Gasteiger partial charge in [-0.2, -0.15) is 5.10 Å². The van der Waals surface area contributed by atoms with Crippen molar-refractivity contribution in [2.45, 2.75) is 13.5 Å². The Morgan fingerprint density at radius 2 is 1.85 bits per heavy atom. The maximum Gasteiger partial charge on any atom is 0.255 e. The molecular weight excluding hydrogens is 360 g/mol. The van der Waals surface area contributed by atoms with Crippen molar-refractivity contribution < 1.29 is 4.79 Å². The van der Waals surface area contributed by atoms with E-state index in [4.69, 9.17) is 0 Å². The van der Waals surface area contributed by atoms with Crippen molar-refractivity contribution in [2.75, 3.05) is 4.90 Å². The Morgan fingerprint density at radius 3 is 2.59 bits per heavy atom. The highest BCUT2D eigenvalue weighted by molar-refractivity contribution is 7.14. The van der Waals surface area contributed by atoms with Crippen LogP contribution in [0.25, 0.3) is 10.9 Å². The number of hydrogen-bond acceptors (Lipinski definition) is 5. The average Bonchev–Trinajstić information content (AvgIpc) is 3.11. The number of hydrogen-bond donors (Lipinski definition) is 0. The van der Waals surface area contributed by atoms with Crippen molar-refractivity contribution in [3.8, 4) is 0 Å². The number of carbonyl (C=O) groups excluding carboxylic acids is 1. The summed E-state index contributed by atoms with van der Waals surface area (Å²) in [6.45, 7) is 1.89. The van der Waals surface area contributed by atoms with E-state index in [1.54, 1.807) is 27.8 Å². The monoisotopic (exact) mass is 376 g/mol. The van der Waals surface area contributed by atoms with Gasteiger partial charge in [-0.3, -0.25) is 19.2 Å². The van der Waals surface area contributed by atoms with Gasteiger partial charge >= 0.3 is 0 Å². The summed E-state index contributed by atoms with van der Waals surface area (Å²) in [7, 11) is 0. The van der Waals surface area contributed by atoms with Gasteiger partial charge in [0.2, 0.25) is 5.43 Å². The van der Waals surface area contributed by atoms with E-state index in [9.17, 15) is 9.59 Å². The molecule has 0 spiro atoms. The molecule has 0 N–H and O–H groups in total. The maximum absolute atomic E-state index is 13.2. The Morgan fingerprint density at radius 1 is 1.11 bits per heavy atom. The minimum absolute atomic E-state index is 0.00564. The molecule has 4 rings (SSSR count). The van der Waals surface area contributed by atoms with Gasteiger partial charge in [-0.15, -0.1) is 11.3 Å². The minimum atomic E-state index is -0.183. The molecule has 1 amide bonds. The zero-order valence-corrected chi connectivity index (χ0v) is 15.4. The van der Waals surface area contributed by atoms with E-state index < -0.39 is 0 Å². The number of anilines is 2. The second-order valence-electron chi connectivity index (χ2n) is 6.02. The maximum atomic E-state index is 13.2. The van der Waals surface area contributed by atoms with Crippen molar-refractivity contribution in [2.24, 2.45) is 0 Å². The summed E-state index contributed by atoms with van der Waals surface area (Å²) >= 11 is 1.41. The van der Waals surface area contributed by atoms with Crippen molar-refractivity contribution >= 4 is 39.0 Å². The van der Waals surface area contributed by atoms with Crippen LogP contribution in [0.2, 0.25) is 0 Å². The third-order valence-corrected chi connectivity index (χ3v) is 5.05. The number of carbonyl (C=O) groups is 1. The van der Waals surface area contributed by atoms with Gasteiger partial charge in [-0.25, -0.2) is 4.98 Å². The molecule has 0 fully saturated rings. The number of para-hydroxylation sites is 2. The third-order valence-electron chi connectivity index (χ3n) is 4.11. The fourth-order valence-electron chi connectivity index (χ4n) is 2.87. The molecule has 2 aromatic heterocycles.